The zero-order valence-corrected chi connectivity index (χ0v) is 14.0. The van der Waals surface area contributed by atoms with E-state index in [4.69, 9.17) is 16.3 Å². The van der Waals surface area contributed by atoms with Gasteiger partial charge in [0.2, 0.25) is 5.62 Å². The first kappa shape index (κ1) is 17.4. The highest BCUT2D eigenvalue weighted by molar-refractivity contribution is 8.68. The minimum Gasteiger partial charge on any atom is -0.324 e. The summed E-state index contributed by atoms with van der Waals surface area (Å²) in [4.78, 5) is 4.30. The van der Waals surface area contributed by atoms with E-state index in [2.05, 4.69) is 30.9 Å². The summed E-state index contributed by atoms with van der Waals surface area (Å²) >= 11 is 7.28. The highest BCUT2D eigenvalue weighted by atomic mass is 32.9. The van der Waals surface area contributed by atoms with Crippen LogP contribution in [0.4, 0.5) is 0 Å². The van der Waals surface area contributed by atoms with Crippen LogP contribution < -0.4 is 5.09 Å². The average Bonchev–Trinajstić information content (AvgIpc) is 2.20. The molecule has 0 aromatic carbocycles. The van der Waals surface area contributed by atoms with Crippen molar-refractivity contribution in [1.82, 2.24) is 5.09 Å². The third-order valence-electron chi connectivity index (χ3n) is 1.59. The predicted molar refractivity (Wildman–Crippen MR) is 84.6 cm³/mol. The first-order valence-electron chi connectivity index (χ1n) is 6.08. The Kier molecular flexibility index (Phi) is 9.61. The molecule has 0 aromatic heterocycles. The van der Waals surface area contributed by atoms with Gasteiger partial charge in [0.25, 0.3) is 0 Å². The number of hydrogen-bond acceptors (Lipinski definition) is 4. The van der Waals surface area contributed by atoms with Gasteiger partial charge in [-0.15, -0.1) is 0 Å². The molecule has 0 aliphatic carbocycles. The summed E-state index contributed by atoms with van der Waals surface area (Å²) in [5, 5.41) is 3.19. The lowest BCUT2D eigenvalue weighted by Crippen LogP contribution is -2.12. The molecule has 0 bridgehead atoms. The third kappa shape index (κ3) is 10.1. The highest BCUT2D eigenvalue weighted by Gasteiger charge is 2.18. The van der Waals surface area contributed by atoms with Crippen molar-refractivity contribution >= 4 is 35.1 Å². The van der Waals surface area contributed by atoms with Gasteiger partial charge in [0.1, 0.15) is 0 Å². The summed E-state index contributed by atoms with van der Waals surface area (Å²) in [6, 6.07) is 0. The Morgan fingerprint density at radius 2 is 2.06 bits per heavy atom. The van der Waals surface area contributed by atoms with Crippen molar-refractivity contribution in [3.63, 3.8) is 0 Å². The molecular formula is C11H25N2OPS2. The minimum atomic E-state index is -2.00. The normalized spacial score (nSPS) is 15.7. The minimum absolute atomic E-state index is 0.149. The first-order chi connectivity index (χ1) is 7.89. The standard InChI is InChI=1S/C11H25N2OPS2/c1-6-7-17-15(16,14-11(4)5)13-9-12-8-10(2)3/h9-11H,6-8H2,1-5H3,(H,12,13,16). The fourth-order valence-corrected chi connectivity index (χ4v) is 6.02. The Hall–Kier alpha value is 0.430. The number of rotatable bonds is 9. The molecule has 102 valence electrons. The lowest BCUT2D eigenvalue weighted by atomic mass is 10.2. The molecule has 0 rings (SSSR count). The van der Waals surface area contributed by atoms with E-state index in [-0.39, 0.29) is 6.10 Å². The Morgan fingerprint density at radius 3 is 2.53 bits per heavy atom. The second-order valence-corrected chi connectivity index (χ2v) is 11.2. The second-order valence-electron chi connectivity index (χ2n) is 4.50. The van der Waals surface area contributed by atoms with Crippen LogP contribution in [0.3, 0.4) is 0 Å². The summed E-state index contributed by atoms with van der Waals surface area (Å²) < 4.78 is 5.83. The van der Waals surface area contributed by atoms with Crippen molar-refractivity contribution in [3.05, 3.63) is 0 Å². The Labute approximate surface area is 115 Å². The van der Waals surface area contributed by atoms with Crippen LogP contribution in [0.2, 0.25) is 0 Å². The molecule has 0 spiro atoms. The van der Waals surface area contributed by atoms with Crippen LogP contribution in [-0.2, 0) is 16.3 Å². The van der Waals surface area contributed by atoms with Crippen molar-refractivity contribution < 1.29 is 4.52 Å². The maximum atomic E-state index is 5.83. The molecule has 6 heteroatoms. The number of hydrogen-bond donors (Lipinski definition) is 1. The average molecular weight is 296 g/mol. The fourth-order valence-electron chi connectivity index (χ4n) is 0.962. The number of nitrogens with zero attached hydrogens (tertiary/aromatic N) is 1. The van der Waals surface area contributed by atoms with Crippen LogP contribution in [0.5, 0.6) is 0 Å². The summed E-state index contributed by atoms with van der Waals surface area (Å²) in [5.41, 5.74) is -2.00. The van der Waals surface area contributed by atoms with Gasteiger partial charge in [0.05, 0.1) is 12.4 Å². The van der Waals surface area contributed by atoms with E-state index in [0.29, 0.717) is 5.92 Å². The topological polar surface area (TPSA) is 33.6 Å². The van der Waals surface area contributed by atoms with Crippen LogP contribution in [-0.4, -0.2) is 24.7 Å². The van der Waals surface area contributed by atoms with E-state index < -0.39 is 5.62 Å². The van der Waals surface area contributed by atoms with Gasteiger partial charge in [-0.2, -0.15) is 0 Å². The van der Waals surface area contributed by atoms with Crippen molar-refractivity contribution in [3.8, 4) is 0 Å². The molecule has 0 aromatic rings. The molecule has 17 heavy (non-hydrogen) atoms. The van der Waals surface area contributed by atoms with Crippen LogP contribution in [0.1, 0.15) is 41.0 Å². The van der Waals surface area contributed by atoms with Gasteiger partial charge in [-0.1, -0.05) is 32.2 Å². The molecule has 1 unspecified atom stereocenters. The quantitative estimate of drug-likeness (QED) is 0.395. The zero-order chi connectivity index (χ0) is 13.3. The molecule has 0 aliphatic rings. The Morgan fingerprint density at radius 1 is 1.41 bits per heavy atom. The molecule has 0 radical (unpaired) electrons. The predicted octanol–water partition coefficient (Wildman–Crippen LogP) is 4.05. The van der Waals surface area contributed by atoms with Crippen molar-refractivity contribution in [2.75, 3.05) is 12.3 Å². The highest BCUT2D eigenvalue weighted by Crippen LogP contribution is 2.56. The molecule has 0 saturated carbocycles. The first-order valence-corrected chi connectivity index (χ1v) is 10.4. The van der Waals surface area contributed by atoms with Gasteiger partial charge in [0, 0.05) is 12.3 Å². The van der Waals surface area contributed by atoms with Gasteiger partial charge < -0.3 is 9.61 Å². The van der Waals surface area contributed by atoms with E-state index >= 15 is 0 Å². The molecule has 0 fully saturated rings. The molecule has 0 aliphatic heterocycles. The largest absolute Gasteiger partial charge is 0.324 e. The van der Waals surface area contributed by atoms with Crippen LogP contribution in [0.15, 0.2) is 4.99 Å². The van der Waals surface area contributed by atoms with E-state index in [9.17, 15) is 0 Å². The van der Waals surface area contributed by atoms with E-state index in [1.165, 1.54) is 0 Å². The van der Waals surface area contributed by atoms with Gasteiger partial charge in [-0.25, -0.2) is 0 Å². The Balaban J connectivity index is 4.27. The fraction of sp³-hybridized carbons (Fsp3) is 0.909. The summed E-state index contributed by atoms with van der Waals surface area (Å²) in [5.74, 6) is 1.59. The molecule has 0 amide bonds. The summed E-state index contributed by atoms with van der Waals surface area (Å²) in [6.45, 7) is 11.3. The maximum absolute atomic E-state index is 5.83. The van der Waals surface area contributed by atoms with Crippen LogP contribution >= 0.6 is 17.0 Å². The zero-order valence-electron chi connectivity index (χ0n) is 11.5. The van der Waals surface area contributed by atoms with Crippen LogP contribution in [0.25, 0.3) is 0 Å². The molecule has 0 saturated heterocycles. The molecule has 0 heterocycles. The molecule has 1 atom stereocenters. The van der Waals surface area contributed by atoms with Crippen molar-refractivity contribution in [1.29, 1.82) is 0 Å². The van der Waals surface area contributed by atoms with Crippen LogP contribution in [0, 0.1) is 5.92 Å². The second kappa shape index (κ2) is 9.37. The summed E-state index contributed by atoms with van der Waals surface area (Å²) in [7, 11) is 0. The number of nitrogens with one attached hydrogen (secondary N) is 1. The van der Waals surface area contributed by atoms with Gasteiger partial charge in [-0.05, 0) is 38.0 Å². The third-order valence-corrected chi connectivity index (χ3v) is 7.32. The SMILES string of the molecule is CCCSP(=S)(NC=NCC(C)C)OC(C)C. The smallest absolute Gasteiger partial charge is 0.211 e. The van der Waals surface area contributed by atoms with E-state index in [1.54, 1.807) is 17.7 Å². The van der Waals surface area contributed by atoms with Crippen molar-refractivity contribution in [2.24, 2.45) is 10.9 Å². The van der Waals surface area contributed by atoms with Gasteiger partial charge in [0.15, 0.2) is 0 Å². The van der Waals surface area contributed by atoms with Crippen molar-refractivity contribution in [2.45, 2.75) is 47.1 Å². The summed E-state index contributed by atoms with van der Waals surface area (Å²) in [6.07, 6.45) is 2.98. The van der Waals surface area contributed by atoms with E-state index in [0.717, 1.165) is 18.7 Å². The van der Waals surface area contributed by atoms with E-state index in [1.807, 2.05) is 13.8 Å². The lowest BCUT2D eigenvalue weighted by Gasteiger charge is -2.23. The molecular weight excluding hydrogens is 271 g/mol. The maximum Gasteiger partial charge on any atom is 0.211 e. The van der Waals surface area contributed by atoms with Gasteiger partial charge in [-0.3, -0.25) is 4.99 Å². The number of aliphatic imine (C=N–C) groups is 1. The lowest BCUT2D eigenvalue weighted by molar-refractivity contribution is 0.274. The monoisotopic (exact) mass is 296 g/mol. The van der Waals surface area contributed by atoms with Gasteiger partial charge >= 0.3 is 0 Å². The molecule has 3 nitrogen and oxygen atoms in total. The Bertz CT molecular complexity index is 270. The molecule has 1 N–H and O–H groups in total.